The normalized spacial score (nSPS) is 14.5. The molecule has 1 amide bonds. The molecular weight excluding hydrogens is 424 g/mol. The van der Waals surface area contributed by atoms with E-state index in [9.17, 15) is 18.8 Å². The van der Waals surface area contributed by atoms with Crippen LogP contribution in [0.1, 0.15) is 64.6 Å². The molecule has 0 bridgehead atoms. The lowest BCUT2D eigenvalue weighted by atomic mass is 9.91. The molecule has 0 radical (unpaired) electrons. The predicted octanol–water partition coefficient (Wildman–Crippen LogP) is 5.19. The minimum atomic E-state index is -0.945. The highest BCUT2D eigenvalue weighted by Gasteiger charge is 2.31. The van der Waals surface area contributed by atoms with Crippen molar-refractivity contribution in [2.45, 2.75) is 52.1 Å². The van der Waals surface area contributed by atoms with E-state index in [-0.39, 0.29) is 18.4 Å². The third kappa shape index (κ3) is 4.67. The van der Waals surface area contributed by atoms with Gasteiger partial charge in [-0.1, -0.05) is 55.4 Å². The first-order chi connectivity index (χ1) is 15.9. The molecule has 5 nitrogen and oxygen atoms in total. The number of aromatic nitrogens is 1. The van der Waals surface area contributed by atoms with Crippen LogP contribution in [0.25, 0.3) is 0 Å². The maximum absolute atomic E-state index is 13.6. The third-order valence-corrected chi connectivity index (χ3v) is 6.09. The van der Waals surface area contributed by atoms with E-state index in [0.29, 0.717) is 42.6 Å². The van der Waals surface area contributed by atoms with E-state index < -0.39 is 11.6 Å². The predicted molar refractivity (Wildman–Crippen MR) is 123 cm³/mol. The van der Waals surface area contributed by atoms with Crippen LogP contribution in [-0.2, 0) is 25.9 Å². The fourth-order valence-electron chi connectivity index (χ4n) is 4.58. The van der Waals surface area contributed by atoms with E-state index in [1.165, 1.54) is 6.07 Å². The molecule has 0 atom stereocenters. The van der Waals surface area contributed by atoms with Crippen LogP contribution in [0.4, 0.5) is 8.78 Å². The lowest BCUT2D eigenvalue weighted by Gasteiger charge is -2.19. The molecule has 0 saturated heterocycles. The summed E-state index contributed by atoms with van der Waals surface area (Å²) < 4.78 is 29.1. The number of fused-ring (bicyclic) bond motifs is 1. The fraction of sp³-hybridized carbons (Fsp3) is 0.308. The molecule has 0 unspecified atom stereocenters. The monoisotopic (exact) mass is 451 g/mol. The van der Waals surface area contributed by atoms with Gasteiger partial charge in [0.2, 0.25) is 0 Å². The van der Waals surface area contributed by atoms with Gasteiger partial charge < -0.3 is 15.1 Å². The van der Waals surface area contributed by atoms with Crippen LogP contribution >= 0.6 is 0 Å². The molecule has 1 aromatic heterocycles. The SMILES string of the molecule is CC(C)c1c(C(=O)NCc2ccc(F)c(F)c2)c2c(n1Cc1ccccc1)CCC(=NO)C2. The second-order valence-electron chi connectivity index (χ2n) is 8.69. The van der Waals surface area contributed by atoms with Crippen LogP contribution < -0.4 is 5.32 Å². The van der Waals surface area contributed by atoms with Gasteiger partial charge in [0.05, 0.1) is 11.3 Å². The van der Waals surface area contributed by atoms with Crippen molar-refractivity contribution >= 4 is 11.6 Å². The second kappa shape index (κ2) is 9.57. The highest BCUT2D eigenvalue weighted by Crippen LogP contribution is 2.34. The van der Waals surface area contributed by atoms with Crippen LogP contribution in [0, 0.1) is 11.6 Å². The number of rotatable bonds is 6. The maximum atomic E-state index is 13.6. The molecule has 0 saturated carbocycles. The van der Waals surface area contributed by atoms with Crippen molar-refractivity contribution in [1.82, 2.24) is 9.88 Å². The maximum Gasteiger partial charge on any atom is 0.253 e. The Bertz CT molecular complexity index is 1200. The van der Waals surface area contributed by atoms with E-state index in [4.69, 9.17) is 0 Å². The van der Waals surface area contributed by atoms with Gasteiger partial charge in [-0.3, -0.25) is 4.79 Å². The zero-order chi connectivity index (χ0) is 23.5. The number of nitrogens with one attached hydrogen (secondary N) is 1. The Morgan fingerprint density at radius 3 is 2.52 bits per heavy atom. The number of oxime groups is 1. The topological polar surface area (TPSA) is 66.6 Å². The molecule has 172 valence electrons. The van der Waals surface area contributed by atoms with Crippen LogP contribution in [-0.4, -0.2) is 21.4 Å². The molecule has 2 aromatic carbocycles. The van der Waals surface area contributed by atoms with Crippen LogP contribution in [0.5, 0.6) is 0 Å². The minimum Gasteiger partial charge on any atom is -0.411 e. The molecule has 0 aliphatic heterocycles. The van der Waals surface area contributed by atoms with Crippen molar-refractivity contribution in [1.29, 1.82) is 0 Å². The van der Waals surface area contributed by atoms with Gasteiger partial charge in [-0.05, 0) is 47.6 Å². The minimum absolute atomic E-state index is 0.0674. The Hall–Kier alpha value is -3.48. The van der Waals surface area contributed by atoms with Crippen molar-refractivity contribution in [3.05, 3.63) is 93.8 Å². The fourth-order valence-corrected chi connectivity index (χ4v) is 4.58. The molecule has 0 spiro atoms. The summed E-state index contributed by atoms with van der Waals surface area (Å²) >= 11 is 0. The number of carbonyl (C=O) groups is 1. The van der Waals surface area contributed by atoms with Gasteiger partial charge in [-0.2, -0.15) is 0 Å². The Balaban J connectivity index is 1.73. The molecule has 4 rings (SSSR count). The largest absolute Gasteiger partial charge is 0.411 e. The van der Waals surface area contributed by atoms with Gasteiger partial charge in [0.1, 0.15) is 0 Å². The second-order valence-corrected chi connectivity index (χ2v) is 8.69. The molecule has 1 heterocycles. The molecule has 2 N–H and O–H groups in total. The average molecular weight is 452 g/mol. The van der Waals surface area contributed by atoms with Gasteiger partial charge in [-0.25, -0.2) is 8.78 Å². The molecule has 3 aromatic rings. The van der Waals surface area contributed by atoms with Crippen molar-refractivity contribution in [3.63, 3.8) is 0 Å². The highest BCUT2D eigenvalue weighted by molar-refractivity contribution is 6.00. The van der Waals surface area contributed by atoms with Crippen LogP contribution in [0.2, 0.25) is 0 Å². The standard InChI is InChI=1S/C26H27F2N3O2/c1-16(2)25-24(26(32)29-14-18-8-10-21(27)22(28)12-18)20-13-19(30-33)9-11-23(20)31(25)15-17-6-4-3-5-7-17/h3-8,10,12,16,33H,9,11,13-15H2,1-2H3,(H,29,32). The Kier molecular flexibility index (Phi) is 6.58. The summed E-state index contributed by atoms with van der Waals surface area (Å²) in [5.74, 6) is -2.07. The Labute approximate surface area is 191 Å². The number of hydrogen-bond donors (Lipinski definition) is 2. The summed E-state index contributed by atoms with van der Waals surface area (Å²) in [6, 6.07) is 13.7. The van der Waals surface area contributed by atoms with Crippen LogP contribution in [0.3, 0.4) is 0 Å². The Morgan fingerprint density at radius 1 is 1.09 bits per heavy atom. The van der Waals surface area contributed by atoms with Gasteiger partial charge in [-0.15, -0.1) is 0 Å². The smallest absolute Gasteiger partial charge is 0.253 e. The molecule has 7 heteroatoms. The van der Waals surface area contributed by atoms with E-state index >= 15 is 0 Å². The number of hydrogen-bond acceptors (Lipinski definition) is 3. The highest BCUT2D eigenvalue weighted by atomic mass is 19.2. The molecule has 1 aliphatic carbocycles. The van der Waals surface area contributed by atoms with Gasteiger partial charge in [0, 0.05) is 30.9 Å². The van der Waals surface area contributed by atoms with Crippen molar-refractivity contribution in [3.8, 4) is 0 Å². The zero-order valence-electron chi connectivity index (χ0n) is 18.7. The average Bonchev–Trinajstić information content (AvgIpc) is 3.14. The molecular formula is C26H27F2N3O2. The van der Waals surface area contributed by atoms with E-state index in [2.05, 4.69) is 41.0 Å². The lowest BCUT2D eigenvalue weighted by molar-refractivity contribution is 0.0948. The van der Waals surface area contributed by atoms with E-state index in [0.717, 1.165) is 34.6 Å². The quantitative estimate of drug-likeness (QED) is 0.400. The summed E-state index contributed by atoms with van der Waals surface area (Å²) in [6.07, 6.45) is 1.72. The zero-order valence-corrected chi connectivity index (χ0v) is 18.7. The van der Waals surface area contributed by atoms with E-state index in [1.807, 2.05) is 18.2 Å². The number of halogens is 2. The molecule has 1 aliphatic rings. The van der Waals surface area contributed by atoms with Crippen molar-refractivity contribution < 1.29 is 18.8 Å². The lowest BCUT2D eigenvalue weighted by Crippen LogP contribution is -2.26. The summed E-state index contributed by atoms with van der Waals surface area (Å²) in [4.78, 5) is 13.4. The van der Waals surface area contributed by atoms with Gasteiger partial charge >= 0.3 is 0 Å². The third-order valence-electron chi connectivity index (χ3n) is 6.09. The van der Waals surface area contributed by atoms with Gasteiger partial charge in [0.15, 0.2) is 11.6 Å². The summed E-state index contributed by atoms with van der Waals surface area (Å²) in [5, 5.41) is 15.7. The van der Waals surface area contributed by atoms with Crippen molar-refractivity contribution in [2.24, 2.45) is 5.16 Å². The summed E-state index contributed by atoms with van der Waals surface area (Å²) in [6.45, 7) is 4.82. The molecule has 33 heavy (non-hydrogen) atoms. The first-order valence-electron chi connectivity index (χ1n) is 11.1. The number of benzene rings is 2. The number of carbonyl (C=O) groups excluding carboxylic acids is 1. The summed E-state index contributed by atoms with van der Waals surface area (Å²) in [7, 11) is 0. The first-order valence-corrected chi connectivity index (χ1v) is 11.1. The summed E-state index contributed by atoms with van der Waals surface area (Å²) in [5.41, 5.74) is 5.70. The number of amides is 1. The Morgan fingerprint density at radius 2 is 1.85 bits per heavy atom. The van der Waals surface area contributed by atoms with Crippen molar-refractivity contribution in [2.75, 3.05) is 0 Å². The first kappa shape index (κ1) is 22.7. The molecule has 0 fully saturated rings. The van der Waals surface area contributed by atoms with Gasteiger partial charge in [0.25, 0.3) is 5.91 Å². The number of nitrogens with zero attached hydrogens (tertiary/aromatic N) is 2. The van der Waals surface area contributed by atoms with Crippen LogP contribution in [0.15, 0.2) is 53.7 Å². The van der Waals surface area contributed by atoms with E-state index in [1.54, 1.807) is 0 Å².